The summed E-state index contributed by atoms with van der Waals surface area (Å²) in [7, 11) is 2.25. The zero-order valence-electron chi connectivity index (χ0n) is 12.9. The molecule has 104 valence electrons. The summed E-state index contributed by atoms with van der Waals surface area (Å²) in [6, 6.07) is 0.790. The standard InChI is InChI=1S/C10H20N2S.2C2H6/c1-9-6-10(4-5-11(9)2)7-12(8-10)13-3;2*1-2/h9H,4-8H2,1-3H3;2*1-2H3. The van der Waals surface area contributed by atoms with Crippen molar-refractivity contribution < 1.29 is 0 Å². The lowest BCUT2D eigenvalue weighted by atomic mass is 9.71. The Morgan fingerprint density at radius 2 is 1.65 bits per heavy atom. The largest absolute Gasteiger partial charge is 0.304 e. The third-order valence-corrected chi connectivity index (χ3v) is 4.53. The van der Waals surface area contributed by atoms with Crippen molar-refractivity contribution in [3.05, 3.63) is 0 Å². The Hall–Kier alpha value is 0.270. The monoisotopic (exact) mass is 260 g/mol. The van der Waals surface area contributed by atoms with Crippen LogP contribution in [0, 0.1) is 5.41 Å². The average Bonchev–Trinajstić information content (AvgIpc) is 2.35. The van der Waals surface area contributed by atoms with Gasteiger partial charge in [0.25, 0.3) is 0 Å². The van der Waals surface area contributed by atoms with Crippen LogP contribution in [-0.2, 0) is 0 Å². The predicted octanol–water partition coefficient (Wildman–Crippen LogP) is 3.73. The Morgan fingerprint density at radius 1 is 1.12 bits per heavy atom. The number of likely N-dealkylation sites (tertiary alicyclic amines) is 1. The normalized spacial score (nSPS) is 27.4. The maximum atomic E-state index is 2.49. The molecule has 2 saturated heterocycles. The minimum Gasteiger partial charge on any atom is -0.304 e. The molecule has 1 spiro atoms. The van der Waals surface area contributed by atoms with Gasteiger partial charge in [-0.25, -0.2) is 4.31 Å². The SMILES string of the molecule is CC.CC.CSN1CC2(CCN(C)C(C)C2)C1. The average molecular weight is 260 g/mol. The first-order valence-corrected chi connectivity index (χ1v) is 8.33. The molecule has 2 rings (SSSR count). The van der Waals surface area contributed by atoms with Gasteiger partial charge < -0.3 is 4.90 Å². The van der Waals surface area contributed by atoms with Gasteiger partial charge in [0, 0.05) is 24.5 Å². The van der Waals surface area contributed by atoms with Crippen LogP contribution in [0.15, 0.2) is 0 Å². The Bertz CT molecular complexity index is 185. The third kappa shape index (κ3) is 4.46. The van der Waals surface area contributed by atoms with Crippen molar-refractivity contribution in [2.75, 3.05) is 32.9 Å². The van der Waals surface area contributed by atoms with E-state index in [1.165, 1.54) is 32.5 Å². The van der Waals surface area contributed by atoms with Crippen LogP contribution in [0.1, 0.15) is 47.5 Å². The van der Waals surface area contributed by atoms with E-state index < -0.39 is 0 Å². The van der Waals surface area contributed by atoms with Gasteiger partial charge >= 0.3 is 0 Å². The Kier molecular flexibility index (Phi) is 8.52. The van der Waals surface area contributed by atoms with E-state index in [1.807, 2.05) is 39.6 Å². The molecule has 0 aliphatic carbocycles. The highest BCUT2D eigenvalue weighted by atomic mass is 32.2. The molecule has 0 N–H and O–H groups in total. The predicted molar refractivity (Wildman–Crippen MR) is 81.5 cm³/mol. The van der Waals surface area contributed by atoms with Crippen molar-refractivity contribution in [3.63, 3.8) is 0 Å². The first-order valence-electron chi connectivity index (χ1n) is 7.14. The van der Waals surface area contributed by atoms with Gasteiger partial charge in [-0.2, -0.15) is 0 Å². The van der Waals surface area contributed by atoms with Crippen LogP contribution in [-0.4, -0.2) is 48.2 Å². The fourth-order valence-corrected chi connectivity index (χ4v) is 3.44. The van der Waals surface area contributed by atoms with Gasteiger partial charge in [-0.1, -0.05) is 39.6 Å². The fraction of sp³-hybridized carbons (Fsp3) is 1.00. The molecule has 0 amide bonds. The van der Waals surface area contributed by atoms with Crippen LogP contribution < -0.4 is 0 Å². The van der Waals surface area contributed by atoms with Crippen molar-refractivity contribution >= 4 is 11.9 Å². The second-order valence-corrected chi connectivity index (χ2v) is 5.65. The molecule has 2 fully saturated rings. The molecular weight excluding hydrogens is 228 g/mol. The summed E-state index contributed by atoms with van der Waals surface area (Å²) in [5.74, 6) is 0. The molecule has 0 saturated carbocycles. The number of hydrogen-bond donors (Lipinski definition) is 0. The number of hydrogen-bond acceptors (Lipinski definition) is 3. The second-order valence-electron chi connectivity index (χ2n) is 4.76. The molecular formula is C14H32N2S. The third-order valence-electron chi connectivity index (χ3n) is 3.76. The molecule has 2 aliphatic heterocycles. The van der Waals surface area contributed by atoms with Crippen LogP contribution in [0.2, 0.25) is 0 Å². The lowest BCUT2D eigenvalue weighted by molar-refractivity contribution is -0.0106. The summed E-state index contributed by atoms with van der Waals surface area (Å²) in [4.78, 5) is 2.49. The van der Waals surface area contributed by atoms with Crippen LogP contribution in [0.5, 0.6) is 0 Å². The second kappa shape index (κ2) is 8.39. The van der Waals surface area contributed by atoms with Crippen molar-refractivity contribution in [2.45, 2.75) is 53.5 Å². The van der Waals surface area contributed by atoms with Crippen molar-refractivity contribution in [3.8, 4) is 0 Å². The summed E-state index contributed by atoms with van der Waals surface area (Å²) in [5, 5.41) is 0. The number of piperidine rings is 1. The van der Waals surface area contributed by atoms with E-state index >= 15 is 0 Å². The van der Waals surface area contributed by atoms with E-state index in [0.29, 0.717) is 5.41 Å². The van der Waals surface area contributed by atoms with Crippen molar-refractivity contribution in [1.82, 2.24) is 9.21 Å². The molecule has 1 unspecified atom stereocenters. The molecule has 3 heteroatoms. The number of rotatable bonds is 1. The van der Waals surface area contributed by atoms with Gasteiger partial charge in [0.15, 0.2) is 0 Å². The number of nitrogens with zero attached hydrogens (tertiary/aromatic N) is 2. The van der Waals surface area contributed by atoms with Gasteiger partial charge in [-0.05, 0) is 39.6 Å². The minimum absolute atomic E-state index is 0.689. The van der Waals surface area contributed by atoms with Crippen molar-refractivity contribution in [1.29, 1.82) is 0 Å². The molecule has 2 heterocycles. The summed E-state index contributed by atoms with van der Waals surface area (Å²) in [6.07, 6.45) is 5.00. The van der Waals surface area contributed by atoms with Crippen LogP contribution in [0.25, 0.3) is 0 Å². The Balaban J connectivity index is 0.000000581. The van der Waals surface area contributed by atoms with Gasteiger partial charge in [-0.15, -0.1) is 0 Å². The highest BCUT2D eigenvalue weighted by Crippen LogP contribution is 2.44. The quantitative estimate of drug-likeness (QED) is 0.663. The lowest BCUT2D eigenvalue weighted by Gasteiger charge is -2.54. The zero-order chi connectivity index (χ0) is 13.5. The van der Waals surface area contributed by atoms with E-state index in [0.717, 1.165) is 6.04 Å². The molecule has 2 nitrogen and oxygen atoms in total. The van der Waals surface area contributed by atoms with Crippen LogP contribution in [0.3, 0.4) is 0 Å². The Labute approximate surface area is 113 Å². The molecule has 17 heavy (non-hydrogen) atoms. The van der Waals surface area contributed by atoms with Crippen LogP contribution in [0.4, 0.5) is 0 Å². The van der Waals surface area contributed by atoms with Gasteiger partial charge in [0.2, 0.25) is 0 Å². The summed E-state index contributed by atoms with van der Waals surface area (Å²) in [6.45, 7) is 14.3. The van der Waals surface area contributed by atoms with Gasteiger partial charge in [0.05, 0.1) is 0 Å². The Morgan fingerprint density at radius 3 is 2.06 bits per heavy atom. The first-order chi connectivity index (χ1) is 8.15. The van der Waals surface area contributed by atoms with Crippen molar-refractivity contribution in [2.24, 2.45) is 5.41 Å². The molecule has 0 bridgehead atoms. The minimum atomic E-state index is 0.689. The summed E-state index contributed by atoms with van der Waals surface area (Å²) in [5.41, 5.74) is 0.689. The maximum absolute atomic E-state index is 2.49. The molecule has 0 radical (unpaired) electrons. The maximum Gasteiger partial charge on any atom is 0.0160 e. The van der Waals surface area contributed by atoms with E-state index in [-0.39, 0.29) is 0 Å². The smallest absolute Gasteiger partial charge is 0.0160 e. The first kappa shape index (κ1) is 17.3. The van der Waals surface area contributed by atoms with E-state index in [4.69, 9.17) is 0 Å². The molecule has 0 aromatic carbocycles. The van der Waals surface area contributed by atoms with Crippen LogP contribution >= 0.6 is 11.9 Å². The zero-order valence-corrected chi connectivity index (χ0v) is 13.7. The highest BCUT2D eigenvalue weighted by Gasteiger charge is 2.45. The topological polar surface area (TPSA) is 6.48 Å². The molecule has 0 aromatic rings. The molecule has 1 atom stereocenters. The van der Waals surface area contributed by atoms with E-state index in [9.17, 15) is 0 Å². The molecule has 2 aliphatic rings. The van der Waals surface area contributed by atoms with E-state index in [2.05, 4.69) is 29.4 Å². The van der Waals surface area contributed by atoms with E-state index in [1.54, 1.807) is 0 Å². The van der Waals surface area contributed by atoms with Gasteiger partial charge in [0.1, 0.15) is 0 Å². The lowest BCUT2D eigenvalue weighted by Crippen LogP contribution is -2.59. The fourth-order valence-electron chi connectivity index (χ4n) is 2.64. The highest BCUT2D eigenvalue weighted by molar-refractivity contribution is 7.96. The summed E-state index contributed by atoms with van der Waals surface area (Å²) >= 11 is 1.90. The summed E-state index contributed by atoms with van der Waals surface area (Å²) < 4.78 is 2.48. The molecule has 0 aromatic heterocycles. The van der Waals surface area contributed by atoms with Gasteiger partial charge in [-0.3, -0.25) is 0 Å².